The second kappa shape index (κ2) is 11.6. The van der Waals surface area contributed by atoms with Gasteiger partial charge in [-0.15, -0.1) is 0 Å². The minimum Gasteiger partial charge on any atom is -0.493 e. The number of aliphatic hydroxyl groups excluding tert-OH is 3. The molecule has 11 nitrogen and oxygen atoms in total. The number of nitrogens with one attached hydrogen (secondary N) is 1. The number of rotatable bonds is 10. The third kappa shape index (κ3) is 5.26. The number of carbonyl (C=O) groups excluding carboxylic acids is 2. The number of hydrogen-bond acceptors (Lipinski definition) is 9. The van der Waals surface area contributed by atoms with E-state index in [0.29, 0.717) is 54.5 Å². The van der Waals surface area contributed by atoms with Crippen LogP contribution in [0.4, 0.5) is 0 Å². The Labute approximate surface area is 221 Å². The average Bonchev–Trinajstić information content (AvgIpc) is 3.73. The third-order valence-electron chi connectivity index (χ3n) is 7.83. The van der Waals surface area contributed by atoms with Crippen molar-refractivity contribution >= 4 is 11.8 Å². The predicted octanol–water partition coefficient (Wildman–Crippen LogP) is -0.619. The number of fused-ring (bicyclic) bond motifs is 3. The van der Waals surface area contributed by atoms with Gasteiger partial charge >= 0.3 is 0 Å². The molecule has 2 heterocycles. The maximum absolute atomic E-state index is 13.5. The average molecular weight is 532 g/mol. The van der Waals surface area contributed by atoms with Crippen molar-refractivity contribution in [1.82, 2.24) is 15.1 Å². The highest BCUT2D eigenvalue weighted by molar-refractivity contribution is 5.96. The third-order valence-corrected chi connectivity index (χ3v) is 7.83. The van der Waals surface area contributed by atoms with Crippen molar-refractivity contribution < 1.29 is 39.1 Å². The maximum atomic E-state index is 13.5. The molecule has 5 rings (SSSR count). The van der Waals surface area contributed by atoms with Gasteiger partial charge in [0.15, 0.2) is 11.5 Å². The monoisotopic (exact) mass is 531 g/mol. The lowest BCUT2D eigenvalue weighted by Crippen LogP contribution is -2.57. The fourth-order valence-corrected chi connectivity index (χ4v) is 5.66. The Kier molecular flexibility index (Phi) is 8.20. The number of morpholine rings is 1. The van der Waals surface area contributed by atoms with Gasteiger partial charge < -0.3 is 39.7 Å². The van der Waals surface area contributed by atoms with E-state index in [2.05, 4.69) is 10.2 Å². The predicted molar refractivity (Wildman–Crippen MR) is 136 cm³/mol. The Hall–Kier alpha value is -2.70. The van der Waals surface area contributed by atoms with Gasteiger partial charge in [0.05, 0.1) is 45.5 Å². The number of benzene rings is 1. The van der Waals surface area contributed by atoms with Crippen molar-refractivity contribution in [1.29, 1.82) is 0 Å². The number of nitrogens with zero attached hydrogens (tertiary/aromatic N) is 2. The molecular formula is C27H37N3O8. The van der Waals surface area contributed by atoms with E-state index < -0.39 is 30.1 Å². The van der Waals surface area contributed by atoms with E-state index >= 15 is 0 Å². The summed E-state index contributed by atoms with van der Waals surface area (Å²) in [7, 11) is 1.49. The van der Waals surface area contributed by atoms with Gasteiger partial charge in [0.1, 0.15) is 12.2 Å². The summed E-state index contributed by atoms with van der Waals surface area (Å²) in [5.41, 5.74) is 1.58. The molecule has 2 fully saturated rings. The van der Waals surface area contributed by atoms with Crippen LogP contribution in [0.1, 0.15) is 29.9 Å². The van der Waals surface area contributed by atoms with Gasteiger partial charge in [0, 0.05) is 49.8 Å². The highest BCUT2D eigenvalue weighted by atomic mass is 16.5. The van der Waals surface area contributed by atoms with E-state index in [-0.39, 0.29) is 31.6 Å². The second-order valence-electron chi connectivity index (χ2n) is 10.3. The number of carbonyl (C=O) groups is 2. The van der Waals surface area contributed by atoms with Gasteiger partial charge in [-0.3, -0.25) is 14.5 Å². The molecule has 0 aromatic heterocycles. The van der Waals surface area contributed by atoms with Crippen LogP contribution < -0.4 is 14.8 Å². The van der Waals surface area contributed by atoms with Crippen molar-refractivity contribution in [3.63, 3.8) is 0 Å². The van der Waals surface area contributed by atoms with Crippen molar-refractivity contribution in [3.05, 3.63) is 34.9 Å². The maximum Gasteiger partial charge on any atom is 0.247 e. The molecule has 1 aromatic rings. The molecule has 4 atom stereocenters. The summed E-state index contributed by atoms with van der Waals surface area (Å²) in [4.78, 5) is 30.8. The molecule has 4 N–H and O–H groups in total. The molecule has 2 aliphatic carbocycles. The lowest BCUT2D eigenvalue weighted by molar-refractivity contribution is -0.139. The van der Waals surface area contributed by atoms with Crippen molar-refractivity contribution in [2.24, 2.45) is 5.92 Å². The van der Waals surface area contributed by atoms with Crippen molar-refractivity contribution in [2.75, 3.05) is 59.7 Å². The number of aliphatic hydroxyl groups is 3. The first kappa shape index (κ1) is 26.9. The van der Waals surface area contributed by atoms with Crippen molar-refractivity contribution in [3.8, 4) is 11.5 Å². The zero-order chi connectivity index (χ0) is 26.8. The second-order valence-corrected chi connectivity index (χ2v) is 10.3. The van der Waals surface area contributed by atoms with Crippen LogP contribution in [0, 0.1) is 5.92 Å². The van der Waals surface area contributed by atoms with E-state index in [4.69, 9.17) is 14.2 Å². The molecule has 1 saturated carbocycles. The van der Waals surface area contributed by atoms with Crippen LogP contribution in [0.2, 0.25) is 0 Å². The molecule has 0 radical (unpaired) electrons. The first-order valence-electron chi connectivity index (χ1n) is 13.3. The largest absolute Gasteiger partial charge is 0.493 e. The molecule has 11 heteroatoms. The van der Waals surface area contributed by atoms with Gasteiger partial charge in [-0.2, -0.15) is 0 Å². The minimum absolute atomic E-state index is 0.0252. The molecular weight excluding hydrogens is 494 g/mol. The Morgan fingerprint density at radius 2 is 1.97 bits per heavy atom. The van der Waals surface area contributed by atoms with E-state index in [1.165, 1.54) is 7.11 Å². The Bertz CT molecular complexity index is 1070. The Morgan fingerprint density at radius 1 is 1.21 bits per heavy atom. The van der Waals surface area contributed by atoms with Gasteiger partial charge in [0.2, 0.25) is 11.8 Å². The molecule has 4 aliphatic rings. The summed E-state index contributed by atoms with van der Waals surface area (Å²) in [6.07, 6.45) is 1.39. The van der Waals surface area contributed by atoms with Crippen LogP contribution in [0.3, 0.4) is 0 Å². The SMILES string of the molecule is COc1cc(CO)cc2c1O[C@@H]1[C@@H](O)[C@H](N(CCN3CCOCC3)C(=O)C3CC3)C=C(C(=O)NCCO)[C@H]21. The van der Waals surface area contributed by atoms with Gasteiger partial charge in [0.25, 0.3) is 0 Å². The number of methoxy groups -OCH3 is 1. The van der Waals surface area contributed by atoms with E-state index in [9.17, 15) is 24.9 Å². The summed E-state index contributed by atoms with van der Waals surface area (Å²) in [6, 6.07) is 2.66. The molecule has 2 aliphatic heterocycles. The van der Waals surface area contributed by atoms with Crippen LogP contribution in [0.5, 0.6) is 11.5 Å². The summed E-state index contributed by atoms with van der Waals surface area (Å²) in [5.74, 6) is -0.316. The van der Waals surface area contributed by atoms with E-state index in [1.54, 1.807) is 23.1 Å². The first-order valence-corrected chi connectivity index (χ1v) is 13.3. The topological polar surface area (TPSA) is 141 Å². The lowest BCUT2D eigenvalue weighted by Gasteiger charge is -2.41. The van der Waals surface area contributed by atoms with Crippen LogP contribution in [0.15, 0.2) is 23.8 Å². The van der Waals surface area contributed by atoms with Crippen LogP contribution in [-0.2, 0) is 20.9 Å². The number of ether oxygens (including phenoxy) is 3. The van der Waals surface area contributed by atoms with Crippen LogP contribution in [-0.4, -0.2) is 115 Å². The fourth-order valence-electron chi connectivity index (χ4n) is 5.66. The molecule has 0 spiro atoms. The molecule has 208 valence electrons. The Balaban J connectivity index is 1.51. The minimum atomic E-state index is -1.10. The highest BCUT2D eigenvalue weighted by Crippen LogP contribution is 2.51. The van der Waals surface area contributed by atoms with E-state index in [1.807, 2.05) is 0 Å². The highest BCUT2D eigenvalue weighted by Gasteiger charge is 2.52. The van der Waals surface area contributed by atoms with Gasteiger partial charge in [-0.25, -0.2) is 0 Å². The normalized spacial score (nSPS) is 26.6. The molecule has 1 saturated heterocycles. The number of amides is 2. The summed E-state index contributed by atoms with van der Waals surface area (Å²) < 4.78 is 17.2. The van der Waals surface area contributed by atoms with Crippen molar-refractivity contribution in [2.45, 2.75) is 43.6 Å². The van der Waals surface area contributed by atoms with Crippen LogP contribution >= 0.6 is 0 Å². The lowest BCUT2D eigenvalue weighted by atomic mass is 9.77. The molecule has 38 heavy (non-hydrogen) atoms. The smallest absolute Gasteiger partial charge is 0.247 e. The number of hydrogen-bond donors (Lipinski definition) is 4. The molecule has 1 aromatic carbocycles. The van der Waals surface area contributed by atoms with Crippen LogP contribution in [0.25, 0.3) is 0 Å². The zero-order valence-electron chi connectivity index (χ0n) is 21.7. The van der Waals surface area contributed by atoms with Gasteiger partial charge in [-0.05, 0) is 36.6 Å². The van der Waals surface area contributed by atoms with E-state index in [0.717, 1.165) is 25.9 Å². The summed E-state index contributed by atoms with van der Waals surface area (Å²) in [5, 5.41) is 33.5. The van der Waals surface area contributed by atoms with Gasteiger partial charge in [-0.1, -0.05) is 0 Å². The molecule has 0 unspecified atom stereocenters. The molecule has 0 bridgehead atoms. The quantitative estimate of drug-likeness (QED) is 0.311. The zero-order valence-corrected chi connectivity index (χ0v) is 21.7. The molecule has 2 amide bonds. The first-order chi connectivity index (χ1) is 18.5. The fraction of sp³-hybridized carbons (Fsp3) is 0.630. The summed E-state index contributed by atoms with van der Waals surface area (Å²) >= 11 is 0. The Morgan fingerprint density at radius 3 is 2.63 bits per heavy atom. The standard InChI is InChI=1S/C27H37N3O8/c1-36-21-13-16(15-32)12-18-22-19(26(34)28-4-9-31)14-20(23(33)25(22)38-24(18)21)30(27(35)17-2-3-17)6-5-29-7-10-37-11-8-29/h12-14,17,20,22-23,25,31-33H,2-11,15H2,1H3,(H,28,34)/t20-,22+,23+,25+/m1/s1. The summed E-state index contributed by atoms with van der Waals surface area (Å²) in [6.45, 7) is 3.49.